The van der Waals surface area contributed by atoms with Crippen LogP contribution < -0.4 is 54.4 Å². The van der Waals surface area contributed by atoms with Crippen molar-refractivity contribution >= 4 is 75.6 Å². The molecule has 366 valence electrons. The quantitative estimate of drug-likeness (QED) is 0.0805. The normalized spacial score (nSPS) is 24.9. The van der Waals surface area contributed by atoms with Crippen LogP contribution in [0.1, 0.15) is 103 Å². The number of benzene rings is 1. The number of aliphatic carboxylic acids is 1. The van der Waals surface area contributed by atoms with Gasteiger partial charge in [0.25, 0.3) is 0 Å². The number of carboxylic acid groups (broad SMARTS) is 1. The highest BCUT2D eigenvalue weighted by Crippen LogP contribution is 2.29. The molecule has 0 bridgehead atoms. The monoisotopic (exact) mass is 948 g/mol. The van der Waals surface area contributed by atoms with Gasteiger partial charge in [0.15, 0.2) is 0 Å². The second-order valence-electron chi connectivity index (χ2n) is 17.1. The molecule has 1 spiro atoms. The average molecular weight is 949 g/mol. The Morgan fingerprint density at radius 2 is 1.47 bits per heavy atom. The minimum Gasteiger partial charge on any atom is -0.506 e. The van der Waals surface area contributed by atoms with E-state index in [1.165, 1.54) is 18.2 Å². The molecule has 0 aromatic heterocycles. The van der Waals surface area contributed by atoms with Crippen LogP contribution in [0.4, 0.5) is 5.69 Å². The van der Waals surface area contributed by atoms with Gasteiger partial charge in [-0.3, -0.25) is 52.2 Å². The average Bonchev–Trinajstić information content (AvgIpc) is 3.22. The molecule has 1 saturated heterocycles. The van der Waals surface area contributed by atoms with Crippen LogP contribution in [-0.4, -0.2) is 127 Å². The van der Waals surface area contributed by atoms with Crippen molar-refractivity contribution in [3.63, 3.8) is 0 Å². The van der Waals surface area contributed by atoms with Crippen LogP contribution in [0.15, 0.2) is 18.2 Å². The van der Waals surface area contributed by atoms with Gasteiger partial charge in [-0.15, -0.1) is 0 Å². The first kappa shape index (κ1) is 54.0. The lowest BCUT2D eigenvalue weighted by Gasteiger charge is -2.38. The van der Waals surface area contributed by atoms with Gasteiger partial charge in [-0.25, -0.2) is 0 Å². The molecule has 2 aliphatic rings. The molecule has 1 aliphatic heterocycles. The van der Waals surface area contributed by atoms with Crippen molar-refractivity contribution in [2.75, 3.05) is 23.8 Å². The number of aromatic hydroxyl groups is 1. The third-order valence-electron chi connectivity index (χ3n) is 11.0. The molecule has 9 amide bonds. The van der Waals surface area contributed by atoms with Crippen LogP contribution in [0, 0.1) is 5.92 Å². The molecule has 3 rings (SSSR count). The van der Waals surface area contributed by atoms with E-state index in [9.17, 15) is 62.4 Å². The number of hydrogen-bond acceptors (Lipinski definition) is 13. The maximum atomic E-state index is 14.5. The Hall–Kier alpha value is -6.33. The number of carbonyl (C=O) groups excluding carboxylic acids is 9. The first-order valence-electron chi connectivity index (χ1n) is 21.9. The molecule has 2 fully saturated rings. The van der Waals surface area contributed by atoms with Crippen molar-refractivity contribution in [2.45, 2.75) is 139 Å². The Morgan fingerprint density at radius 3 is 2.09 bits per heavy atom. The minimum absolute atomic E-state index is 0.00619. The van der Waals surface area contributed by atoms with Gasteiger partial charge < -0.3 is 64.6 Å². The van der Waals surface area contributed by atoms with Crippen molar-refractivity contribution in [1.29, 1.82) is 0 Å². The summed E-state index contributed by atoms with van der Waals surface area (Å²) >= 11 is 0. The van der Waals surface area contributed by atoms with Crippen LogP contribution in [0.5, 0.6) is 5.75 Å². The van der Waals surface area contributed by atoms with E-state index in [1.807, 2.05) is 0 Å². The first-order valence-corrected chi connectivity index (χ1v) is 23.4. The van der Waals surface area contributed by atoms with E-state index in [4.69, 9.17) is 17.2 Å². The molecule has 66 heavy (non-hydrogen) atoms. The summed E-state index contributed by atoms with van der Waals surface area (Å²) in [5.41, 5.74) is 15.6. The highest BCUT2D eigenvalue weighted by molar-refractivity contribution is 7.85. The number of rotatable bonds is 11. The summed E-state index contributed by atoms with van der Waals surface area (Å²) in [7, 11) is -2.13. The Balaban J connectivity index is 2.09. The number of nitrogens with one attached hydrogen (secondary N) is 7. The lowest BCUT2D eigenvalue weighted by molar-refractivity contribution is -0.139. The lowest BCUT2D eigenvalue weighted by atomic mass is 9.80. The smallest absolute Gasteiger partial charge is 0.303 e. The zero-order chi connectivity index (χ0) is 49.1. The van der Waals surface area contributed by atoms with Crippen molar-refractivity contribution in [3.8, 4) is 5.75 Å². The van der Waals surface area contributed by atoms with Crippen LogP contribution >= 0.6 is 0 Å². The van der Waals surface area contributed by atoms with Gasteiger partial charge in [0.05, 0.1) is 17.9 Å². The highest BCUT2D eigenvalue weighted by Gasteiger charge is 2.44. The summed E-state index contributed by atoms with van der Waals surface area (Å²) in [5.74, 6) is -10.8. The molecule has 1 aromatic rings. The topological polar surface area (TPSA) is 390 Å². The molecule has 1 aliphatic carbocycles. The van der Waals surface area contributed by atoms with Crippen molar-refractivity contribution in [2.24, 2.45) is 17.4 Å². The van der Waals surface area contributed by atoms with Crippen LogP contribution in [-0.2, 0) is 65.2 Å². The SMILES string of the molecule is CC(C)C[C@@H]1NC(=O)[C@H](CCCC(=O)O)NC(=O)CS(=O)C[C@@H](C(N)=O)NC(=O)CCCCNC(=O)[C@H](CC(N)=O)NC(=O)C2(CCCCC2)NC(=O)[C@H](Cc2ccc(O)c(N)c2)NC1=O. The van der Waals surface area contributed by atoms with Gasteiger partial charge in [0, 0.05) is 36.6 Å². The van der Waals surface area contributed by atoms with Gasteiger partial charge in [-0.2, -0.15) is 0 Å². The number of anilines is 1. The molecule has 0 radical (unpaired) electrons. The van der Waals surface area contributed by atoms with E-state index in [1.54, 1.807) is 13.8 Å². The predicted molar refractivity (Wildman–Crippen MR) is 239 cm³/mol. The maximum Gasteiger partial charge on any atom is 0.303 e. The van der Waals surface area contributed by atoms with E-state index in [-0.39, 0.29) is 81.7 Å². The lowest BCUT2D eigenvalue weighted by Crippen LogP contribution is -2.66. The van der Waals surface area contributed by atoms with Crippen LogP contribution in [0.3, 0.4) is 0 Å². The Kier molecular flexibility index (Phi) is 21.3. The molecular formula is C42H64N10O13S. The Bertz CT molecular complexity index is 1990. The van der Waals surface area contributed by atoms with E-state index in [0.29, 0.717) is 24.8 Å². The standard InChI is InChI=1S/C42H64N10O13S/c1-23(2)17-27-39(62)50-28(19-24-12-13-31(53)25(43)18-24)40(63)52-42(14-5-3-6-15-42)41(64)51-29(20-32(44)54)37(60)46-16-7-4-10-33(55)48-30(36(45)59)21-66(65)22-34(56)47-26(38(61)49-27)9-8-11-35(57)58/h12-13,18,23,26-30,53H,3-11,14-17,19-22,43H2,1-2H3,(H2,44,54)(H2,45,59)(H,46,60)(H,47,56)(H,48,55)(H,49,61)(H,50,62)(H,51,64)(H,52,63)(H,57,58)/t26-,27-,28-,29-,30-,66?/m0/s1. The number of amides is 9. The summed E-state index contributed by atoms with van der Waals surface area (Å²) in [6.07, 6.45) is 0.506. The fourth-order valence-electron chi connectivity index (χ4n) is 7.58. The zero-order valence-corrected chi connectivity index (χ0v) is 38.1. The first-order chi connectivity index (χ1) is 31.1. The highest BCUT2D eigenvalue weighted by atomic mass is 32.2. The summed E-state index contributed by atoms with van der Waals surface area (Å²) in [6, 6.07) is -3.07. The van der Waals surface area contributed by atoms with E-state index >= 15 is 0 Å². The summed E-state index contributed by atoms with van der Waals surface area (Å²) in [4.78, 5) is 132. The van der Waals surface area contributed by atoms with Crippen LogP contribution in [0.2, 0.25) is 0 Å². The Morgan fingerprint density at radius 1 is 0.803 bits per heavy atom. The number of nitrogens with two attached hydrogens (primary N) is 3. The molecular weight excluding hydrogens is 885 g/mol. The molecule has 6 atom stereocenters. The van der Waals surface area contributed by atoms with Gasteiger partial charge >= 0.3 is 5.97 Å². The van der Waals surface area contributed by atoms with Crippen molar-refractivity contribution in [1.82, 2.24) is 37.2 Å². The number of nitrogen functional groups attached to an aromatic ring is 1. The van der Waals surface area contributed by atoms with E-state index in [0.717, 1.165) is 0 Å². The summed E-state index contributed by atoms with van der Waals surface area (Å²) < 4.78 is 13.1. The number of phenols is 1. The van der Waals surface area contributed by atoms with E-state index < -0.39 is 130 Å². The maximum absolute atomic E-state index is 14.5. The zero-order valence-electron chi connectivity index (χ0n) is 37.2. The molecule has 24 heteroatoms. The second kappa shape index (κ2) is 26.0. The second-order valence-corrected chi connectivity index (χ2v) is 18.6. The fraction of sp³-hybridized carbons (Fsp3) is 0.619. The molecule has 1 aromatic carbocycles. The largest absolute Gasteiger partial charge is 0.506 e. The van der Waals surface area contributed by atoms with Gasteiger partial charge in [0.1, 0.15) is 47.3 Å². The third kappa shape index (κ3) is 17.9. The predicted octanol–water partition coefficient (Wildman–Crippen LogP) is -2.53. The summed E-state index contributed by atoms with van der Waals surface area (Å²) in [5, 5.41) is 37.4. The molecule has 1 unspecified atom stereocenters. The summed E-state index contributed by atoms with van der Waals surface area (Å²) in [6.45, 7) is 3.48. The van der Waals surface area contributed by atoms with Crippen LogP contribution in [0.25, 0.3) is 0 Å². The number of hydrogen-bond donors (Lipinski definition) is 12. The van der Waals surface area contributed by atoms with E-state index in [2.05, 4.69) is 37.2 Å². The van der Waals surface area contributed by atoms with Crippen molar-refractivity contribution < 1.29 is 62.4 Å². The molecule has 1 saturated carbocycles. The number of carbonyl (C=O) groups is 10. The molecule has 15 N–H and O–H groups in total. The molecule has 1 heterocycles. The van der Waals surface area contributed by atoms with Crippen molar-refractivity contribution in [3.05, 3.63) is 23.8 Å². The minimum atomic E-state index is -2.13. The number of primary amides is 2. The number of phenolic OH excluding ortho intramolecular Hbond substituents is 1. The molecule has 23 nitrogen and oxygen atoms in total. The fourth-order valence-corrected chi connectivity index (χ4v) is 8.69. The van der Waals surface area contributed by atoms with Gasteiger partial charge in [-0.05, 0) is 68.6 Å². The number of carboxylic acids is 1. The van der Waals surface area contributed by atoms with Gasteiger partial charge in [-0.1, -0.05) is 39.2 Å². The third-order valence-corrected chi connectivity index (χ3v) is 12.3. The Labute approximate surface area is 384 Å². The van der Waals surface area contributed by atoms with Gasteiger partial charge in [0.2, 0.25) is 53.2 Å².